The number of aliphatic hydroxyl groups excluding tert-OH is 1. The molecule has 0 aliphatic carbocycles. The van der Waals surface area contributed by atoms with Gasteiger partial charge in [0.05, 0.1) is 26.4 Å². The molecule has 1 N–H and O–H groups in total. The van der Waals surface area contributed by atoms with Crippen LogP contribution in [0.1, 0.15) is 16.7 Å². The number of halogens is 1. The van der Waals surface area contributed by atoms with Crippen molar-refractivity contribution in [2.75, 3.05) is 0 Å². The molecule has 0 bridgehead atoms. The molecule has 1 unspecified atom stereocenters. The molecule has 0 spiro atoms. The van der Waals surface area contributed by atoms with Crippen LogP contribution in [-0.4, -0.2) is 15.1 Å². The number of aliphatic hydroxyl groups is 1. The number of nitrogens with zero attached hydrogens (tertiary/aromatic N) is 2. The van der Waals surface area contributed by atoms with E-state index < -0.39 is 6.10 Å². The van der Waals surface area contributed by atoms with E-state index in [1.807, 2.05) is 24.3 Å². The third kappa shape index (κ3) is 2.61. The van der Waals surface area contributed by atoms with E-state index in [1.165, 1.54) is 0 Å². The first-order valence-corrected chi connectivity index (χ1v) is 7.05. The maximum atomic E-state index is 10.2. The summed E-state index contributed by atoms with van der Waals surface area (Å²) < 4.78 is 1.13. The molecule has 0 aliphatic rings. The zero-order valence-electron chi connectivity index (χ0n) is 9.95. The van der Waals surface area contributed by atoms with Crippen molar-refractivity contribution in [3.63, 3.8) is 0 Å². The normalized spacial score (nSPS) is 12.7. The Balaban J connectivity index is 1.86. The van der Waals surface area contributed by atoms with Crippen molar-refractivity contribution in [1.29, 1.82) is 0 Å². The van der Waals surface area contributed by atoms with Gasteiger partial charge in [-0.3, -0.25) is 4.98 Å². The fourth-order valence-electron chi connectivity index (χ4n) is 1.94. The van der Waals surface area contributed by atoms with Gasteiger partial charge >= 0.3 is 0 Å². The van der Waals surface area contributed by atoms with Crippen LogP contribution in [0.15, 0.2) is 42.7 Å². The van der Waals surface area contributed by atoms with Gasteiger partial charge in [0.2, 0.25) is 0 Å². The first-order chi connectivity index (χ1) is 9.24. The van der Waals surface area contributed by atoms with Crippen LogP contribution >= 0.6 is 22.9 Å². The Morgan fingerprint density at radius 1 is 1.26 bits per heavy atom. The quantitative estimate of drug-likeness (QED) is 0.801. The fraction of sp³-hybridized carbons (Fsp3) is 0.143. The molecular formula is C14H11ClN2OS. The van der Waals surface area contributed by atoms with Crippen molar-refractivity contribution in [3.8, 4) is 0 Å². The molecule has 2 heterocycles. The summed E-state index contributed by atoms with van der Waals surface area (Å²) in [6.07, 6.45) is 2.97. The first kappa shape index (κ1) is 12.5. The molecule has 1 atom stereocenters. The van der Waals surface area contributed by atoms with Crippen molar-refractivity contribution in [1.82, 2.24) is 9.97 Å². The van der Waals surface area contributed by atoms with Gasteiger partial charge in [-0.1, -0.05) is 23.7 Å². The number of benzene rings is 1. The Morgan fingerprint density at radius 2 is 2.11 bits per heavy atom. The average molecular weight is 291 g/mol. The number of fused-ring (bicyclic) bond motifs is 1. The van der Waals surface area contributed by atoms with E-state index in [-0.39, 0.29) is 0 Å². The minimum absolute atomic E-state index is 0.461. The summed E-state index contributed by atoms with van der Waals surface area (Å²) in [7, 11) is 0. The molecule has 3 nitrogen and oxygen atoms in total. The summed E-state index contributed by atoms with van der Waals surface area (Å²) >= 11 is 7.62. The summed E-state index contributed by atoms with van der Waals surface area (Å²) in [5, 5.41) is 11.6. The van der Waals surface area contributed by atoms with Crippen molar-refractivity contribution in [2.24, 2.45) is 0 Å². The monoisotopic (exact) mass is 290 g/mol. The summed E-state index contributed by atoms with van der Waals surface area (Å²) in [5.41, 5.74) is 1.66. The molecule has 3 aromatic rings. The van der Waals surface area contributed by atoms with Gasteiger partial charge in [-0.05, 0) is 18.2 Å². The molecule has 96 valence electrons. The Hall–Kier alpha value is -1.49. The number of pyridine rings is 1. The second-order valence-corrected chi connectivity index (χ2v) is 5.71. The summed E-state index contributed by atoms with van der Waals surface area (Å²) in [6, 6.07) is 9.69. The van der Waals surface area contributed by atoms with E-state index in [2.05, 4.69) is 9.97 Å². The second kappa shape index (κ2) is 5.25. The van der Waals surface area contributed by atoms with Crippen LogP contribution < -0.4 is 0 Å². The van der Waals surface area contributed by atoms with Crippen molar-refractivity contribution in [3.05, 3.63) is 58.3 Å². The number of thiazole rings is 1. The summed E-state index contributed by atoms with van der Waals surface area (Å²) in [4.78, 5) is 8.42. The minimum atomic E-state index is -0.656. The Labute approximate surface area is 119 Å². The van der Waals surface area contributed by atoms with Gasteiger partial charge in [-0.2, -0.15) is 0 Å². The zero-order chi connectivity index (χ0) is 13.2. The molecular weight excluding hydrogens is 280 g/mol. The van der Waals surface area contributed by atoms with Crippen LogP contribution in [-0.2, 0) is 6.42 Å². The fourth-order valence-corrected chi connectivity index (χ4v) is 3.19. The zero-order valence-corrected chi connectivity index (χ0v) is 11.5. The SMILES string of the molecule is OC(Cc1nc2ccccc2s1)c1ccncc1Cl. The van der Waals surface area contributed by atoms with E-state index >= 15 is 0 Å². The maximum absolute atomic E-state index is 10.2. The lowest BCUT2D eigenvalue weighted by Crippen LogP contribution is -2.02. The molecule has 0 aliphatic heterocycles. The molecule has 3 rings (SSSR count). The standard InChI is InChI=1S/C14H11ClN2OS/c15-10-8-16-6-5-9(10)12(18)7-14-17-11-3-1-2-4-13(11)19-14/h1-6,8,12,18H,7H2. The van der Waals surface area contributed by atoms with E-state index in [4.69, 9.17) is 11.6 Å². The van der Waals surface area contributed by atoms with E-state index in [9.17, 15) is 5.11 Å². The molecule has 19 heavy (non-hydrogen) atoms. The van der Waals surface area contributed by atoms with Crippen LogP contribution in [0.3, 0.4) is 0 Å². The molecule has 1 aromatic carbocycles. The highest BCUT2D eigenvalue weighted by Gasteiger charge is 2.14. The lowest BCUT2D eigenvalue weighted by atomic mass is 10.1. The molecule has 0 radical (unpaired) electrons. The van der Waals surface area contributed by atoms with E-state index in [0.29, 0.717) is 17.0 Å². The van der Waals surface area contributed by atoms with Crippen LogP contribution in [0, 0.1) is 0 Å². The first-order valence-electron chi connectivity index (χ1n) is 5.86. The van der Waals surface area contributed by atoms with Crippen molar-refractivity contribution < 1.29 is 5.11 Å². The van der Waals surface area contributed by atoms with Gasteiger partial charge in [-0.25, -0.2) is 4.98 Å². The van der Waals surface area contributed by atoms with Crippen molar-refractivity contribution in [2.45, 2.75) is 12.5 Å². The summed E-state index contributed by atoms with van der Waals surface area (Å²) in [5.74, 6) is 0. The number of para-hydroxylation sites is 1. The van der Waals surface area contributed by atoms with Crippen LogP contribution in [0.25, 0.3) is 10.2 Å². The molecule has 0 saturated heterocycles. The van der Waals surface area contributed by atoms with Gasteiger partial charge in [0.15, 0.2) is 0 Å². The van der Waals surface area contributed by atoms with Gasteiger partial charge in [0.25, 0.3) is 0 Å². The molecule has 5 heteroatoms. The van der Waals surface area contributed by atoms with Crippen LogP contribution in [0.2, 0.25) is 5.02 Å². The molecule has 2 aromatic heterocycles. The summed E-state index contributed by atoms with van der Waals surface area (Å²) in [6.45, 7) is 0. The highest BCUT2D eigenvalue weighted by Crippen LogP contribution is 2.28. The molecule has 0 saturated carbocycles. The third-order valence-electron chi connectivity index (χ3n) is 2.87. The van der Waals surface area contributed by atoms with Gasteiger partial charge in [0, 0.05) is 24.4 Å². The number of hydrogen-bond donors (Lipinski definition) is 1. The van der Waals surface area contributed by atoms with Gasteiger partial charge < -0.3 is 5.11 Å². The number of rotatable bonds is 3. The number of aromatic nitrogens is 2. The van der Waals surface area contributed by atoms with Gasteiger partial charge in [0.1, 0.15) is 0 Å². The topological polar surface area (TPSA) is 46.0 Å². The second-order valence-electron chi connectivity index (χ2n) is 4.19. The van der Waals surface area contributed by atoms with Crippen LogP contribution in [0.4, 0.5) is 0 Å². The van der Waals surface area contributed by atoms with E-state index in [1.54, 1.807) is 29.8 Å². The predicted octanol–water partition coefficient (Wildman–Crippen LogP) is 3.62. The smallest absolute Gasteiger partial charge is 0.0967 e. The number of hydrogen-bond acceptors (Lipinski definition) is 4. The third-order valence-corrected chi connectivity index (χ3v) is 4.24. The average Bonchev–Trinajstić information content (AvgIpc) is 2.81. The molecule has 0 fully saturated rings. The Bertz CT molecular complexity index is 680. The Morgan fingerprint density at radius 3 is 2.89 bits per heavy atom. The van der Waals surface area contributed by atoms with Crippen LogP contribution in [0.5, 0.6) is 0 Å². The molecule has 0 amide bonds. The highest BCUT2D eigenvalue weighted by atomic mass is 35.5. The largest absolute Gasteiger partial charge is 0.388 e. The minimum Gasteiger partial charge on any atom is -0.388 e. The van der Waals surface area contributed by atoms with E-state index in [0.717, 1.165) is 15.2 Å². The van der Waals surface area contributed by atoms with Crippen molar-refractivity contribution >= 4 is 33.2 Å². The lowest BCUT2D eigenvalue weighted by molar-refractivity contribution is 0.178. The maximum Gasteiger partial charge on any atom is 0.0967 e. The Kier molecular flexibility index (Phi) is 3.46. The van der Waals surface area contributed by atoms with Gasteiger partial charge in [-0.15, -0.1) is 11.3 Å². The predicted molar refractivity (Wildman–Crippen MR) is 77.5 cm³/mol. The highest BCUT2D eigenvalue weighted by molar-refractivity contribution is 7.18. The lowest BCUT2D eigenvalue weighted by Gasteiger charge is -2.10.